The van der Waals surface area contributed by atoms with Crippen LogP contribution in [0.2, 0.25) is 0 Å². The largest absolute Gasteiger partial charge is 0.460 e. The summed E-state index contributed by atoms with van der Waals surface area (Å²) in [6.45, 7) is 9.41. The first-order valence-corrected chi connectivity index (χ1v) is 11.4. The number of esters is 1. The van der Waals surface area contributed by atoms with Gasteiger partial charge < -0.3 is 10.1 Å². The van der Waals surface area contributed by atoms with Gasteiger partial charge in [-0.3, -0.25) is 9.59 Å². The highest BCUT2D eigenvalue weighted by atomic mass is 16.6. The van der Waals surface area contributed by atoms with Gasteiger partial charge in [-0.2, -0.15) is 5.10 Å². The minimum atomic E-state index is -0.525. The average molecular weight is 446 g/mol. The van der Waals surface area contributed by atoms with Gasteiger partial charge >= 0.3 is 5.97 Å². The Hall–Kier alpha value is -3.41. The van der Waals surface area contributed by atoms with E-state index in [0.717, 1.165) is 34.7 Å². The summed E-state index contributed by atoms with van der Waals surface area (Å²) in [5.74, 6) is 0.0672. The van der Waals surface area contributed by atoms with Crippen molar-refractivity contribution >= 4 is 17.6 Å². The van der Waals surface area contributed by atoms with Crippen LogP contribution >= 0.6 is 0 Å². The van der Waals surface area contributed by atoms with E-state index in [0.29, 0.717) is 5.92 Å². The Kier molecular flexibility index (Phi) is 6.11. The van der Waals surface area contributed by atoms with Crippen molar-refractivity contribution in [3.05, 3.63) is 77.1 Å². The molecule has 4 rings (SSSR count). The number of nitrogens with one attached hydrogen (secondary N) is 1. The third-order valence-corrected chi connectivity index (χ3v) is 5.90. The average Bonchev–Trinajstić information content (AvgIpc) is 3.51. The Bertz CT molecular complexity index is 1180. The van der Waals surface area contributed by atoms with Crippen molar-refractivity contribution in [3.63, 3.8) is 0 Å². The lowest BCUT2D eigenvalue weighted by atomic mass is 10.1. The van der Waals surface area contributed by atoms with Crippen LogP contribution in [0.4, 0.5) is 5.69 Å². The van der Waals surface area contributed by atoms with Crippen LogP contribution in [0.15, 0.2) is 54.6 Å². The van der Waals surface area contributed by atoms with E-state index in [1.54, 1.807) is 0 Å². The number of carbonyl (C=O) groups is 2. The standard InChI is InChI=1S/C27H31N3O3/c1-17-22(16-25(31)33-27(3,4)5)18(2)30(29-17)21-13-9-12-20(14-21)28-26(32)24-15-23(24)19-10-7-6-8-11-19/h6-14,23-24H,15-16H2,1-5H3,(H,28,32)/t23-,24+/m0/s1. The highest BCUT2D eigenvalue weighted by molar-refractivity contribution is 5.95. The van der Waals surface area contributed by atoms with Crippen LogP contribution in [0.1, 0.15) is 55.6 Å². The number of benzene rings is 2. The fraction of sp³-hybridized carbons (Fsp3) is 0.370. The SMILES string of the molecule is Cc1nn(-c2cccc(NC(=O)[C@@H]3C[C@H]3c3ccccc3)c2)c(C)c1CC(=O)OC(C)(C)C. The number of anilines is 1. The molecule has 1 amide bonds. The van der Waals surface area contributed by atoms with Crippen LogP contribution in [0.25, 0.3) is 5.69 Å². The Morgan fingerprint density at radius 2 is 1.82 bits per heavy atom. The third-order valence-electron chi connectivity index (χ3n) is 5.90. The lowest BCUT2D eigenvalue weighted by molar-refractivity contribution is -0.153. The number of amides is 1. The van der Waals surface area contributed by atoms with Crippen LogP contribution in [0.5, 0.6) is 0 Å². The Balaban J connectivity index is 1.47. The van der Waals surface area contributed by atoms with Crippen molar-refractivity contribution in [1.29, 1.82) is 0 Å². The topological polar surface area (TPSA) is 73.2 Å². The fourth-order valence-corrected chi connectivity index (χ4v) is 4.21. The van der Waals surface area contributed by atoms with E-state index in [-0.39, 0.29) is 24.2 Å². The number of ether oxygens (including phenoxy) is 1. The van der Waals surface area contributed by atoms with Gasteiger partial charge in [-0.05, 0) is 70.7 Å². The molecule has 6 heteroatoms. The Morgan fingerprint density at radius 3 is 2.52 bits per heavy atom. The lowest BCUT2D eigenvalue weighted by Crippen LogP contribution is -2.25. The Morgan fingerprint density at radius 1 is 1.09 bits per heavy atom. The van der Waals surface area contributed by atoms with Gasteiger partial charge in [-0.1, -0.05) is 36.4 Å². The molecule has 0 radical (unpaired) electrons. The highest BCUT2D eigenvalue weighted by Gasteiger charge is 2.43. The quantitative estimate of drug-likeness (QED) is 0.535. The van der Waals surface area contributed by atoms with Gasteiger partial charge in [0.25, 0.3) is 0 Å². The molecular formula is C27H31N3O3. The number of rotatable bonds is 6. The summed E-state index contributed by atoms with van der Waals surface area (Å²) in [6.07, 6.45) is 1.05. The molecule has 0 aliphatic heterocycles. The summed E-state index contributed by atoms with van der Waals surface area (Å²) in [5.41, 5.74) is 4.79. The predicted octanol–water partition coefficient (Wildman–Crippen LogP) is 5.12. The molecule has 2 aromatic carbocycles. The molecule has 1 saturated carbocycles. The number of carbonyl (C=O) groups excluding carboxylic acids is 2. The summed E-state index contributed by atoms with van der Waals surface area (Å²) in [5, 5.41) is 7.70. The molecule has 3 aromatic rings. The van der Waals surface area contributed by atoms with Crippen molar-refractivity contribution in [2.24, 2.45) is 5.92 Å². The molecule has 0 spiro atoms. The number of hydrogen-bond acceptors (Lipinski definition) is 4. The lowest BCUT2D eigenvalue weighted by Gasteiger charge is -2.19. The second kappa shape index (κ2) is 8.85. The van der Waals surface area contributed by atoms with Crippen molar-refractivity contribution in [1.82, 2.24) is 9.78 Å². The maximum Gasteiger partial charge on any atom is 0.310 e. The van der Waals surface area contributed by atoms with Crippen LogP contribution < -0.4 is 5.32 Å². The first kappa shape index (κ1) is 22.8. The van der Waals surface area contributed by atoms with E-state index in [4.69, 9.17) is 4.74 Å². The molecule has 6 nitrogen and oxygen atoms in total. The minimum absolute atomic E-state index is 0.00479. The maximum absolute atomic E-state index is 12.8. The first-order valence-electron chi connectivity index (χ1n) is 11.4. The summed E-state index contributed by atoms with van der Waals surface area (Å²) in [7, 11) is 0. The van der Waals surface area contributed by atoms with Crippen LogP contribution in [0.3, 0.4) is 0 Å². The van der Waals surface area contributed by atoms with E-state index in [9.17, 15) is 9.59 Å². The number of nitrogens with zero attached hydrogens (tertiary/aromatic N) is 2. The molecule has 2 atom stereocenters. The van der Waals surface area contributed by atoms with Gasteiger partial charge in [0, 0.05) is 22.9 Å². The third kappa shape index (κ3) is 5.33. The minimum Gasteiger partial charge on any atom is -0.460 e. The zero-order valence-corrected chi connectivity index (χ0v) is 19.9. The van der Waals surface area contributed by atoms with Crippen LogP contribution in [0, 0.1) is 19.8 Å². The van der Waals surface area contributed by atoms with Gasteiger partial charge in [0.05, 0.1) is 17.8 Å². The normalized spacial score (nSPS) is 17.5. The molecule has 1 heterocycles. The summed E-state index contributed by atoms with van der Waals surface area (Å²) in [4.78, 5) is 25.1. The van der Waals surface area contributed by atoms with E-state index in [2.05, 4.69) is 22.5 Å². The smallest absolute Gasteiger partial charge is 0.310 e. The number of aryl methyl sites for hydroxylation is 1. The van der Waals surface area contributed by atoms with Gasteiger partial charge in [0.15, 0.2) is 0 Å². The summed E-state index contributed by atoms with van der Waals surface area (Å²) in [6, 6.07) is 17.8. The molecule has 0 bridgehead atoms. The van der Waals surface area contributed by atoms with Crippen molar-refractivity contribution in [3.8, 4) is 5.69 Å². The summed E-state index contributed by atoms with van der Waals surface area (Å²) >= 11 is 0. The van der Waals surface area contributed by atoms with E-state index < -0.39 is 5.60 Å². The second-order valence-corrected chi connectivity index (χ2v) is 9.72. The predicted molar refractivity (Wildman–Crippen MR) is 129 cm³/mol. The van der Waals surface area contributed by atoms with Crippen molar-refractivity contribution < 1.29 is 14.3 Å². The van der Waals surface area contributed by atoms with Gasteiger partial charge in [-0.25, -0.2) is 4.68 Å². The molecule has 1 aromatic heterocycles. The maximum atomic E-state index is 12.8. The zero-order valence-electron chi connectivity index (χ0n) is 19.9. The van der Waals surface area contributed by atoms with Crippen LogP contribution in [-0.4, -0.2) is 27.3 Å². The molecule has 1 N–H and O–H groups in total. The monoisotopic (exact) mass is 445 g/mol. The number of aromatic nitrogens is 2. The molecule has 0 saturated heterocycles. The molecule has 1 aliphatic rings. The van der Waals surface area contributed by atoms with Gasteiger partial charge in [0.2, 0.25) is 5.91 Å². The Labute approximate surface area is 195 Å². The van der Waals surface area contributed by atoms with Crippen molar-refractivity contribution in [2.45, 2.75) is 59.0 Å². The molecule has 1 aliphatic carbocycles. The molecular weight excluding hydrogens is 414 g/mol. The van der Waals surface area contributed by atoms with Gasteiger partial charge in [0.1, 0.15) is 5.60 Å². The zero-order chi connectivity index (χ0) is 23.8. The highest BCUT2D eigenvalue weighted by Crippen LogP contribution is 2.47. The van der Waals surface area contributed by atoms with Crippen LogP contribution in [-0.2, 0) is 20.7 Å². The van der Waals surface area contributed by atoms with E-state index >= 15 is 0 Å². The van der Waals surface area contributed by atoms with Crippen molar-refractivity contribution in [2.75, 3.05) is 5.32 Å². The first-order chi connectivity index (χ1) is 15.6. The molecule has 33 heavy (non-hydrogen) atoms. The molecule has 1 fully saturated rings. The summed E-state index contributed by atoms with van der Waals surface area (Å²) < 4.78 is 7.29. The fourth-order valence-electron chi connectivity index (χ4n) is 4.21. The van der Waals surface area contributed by atoms with E-state index in [1.807, 2.05) is 81.8 Å². The molecule has 172 valence electrons. The van der Waals surface area contributed by atoms with E-state index in [1.165, 1.54) is 5.56 Å². The van der Waals surface area contributed by atoms with Gasteiger partial charge in [-0.15, -0.1) is 0 Å². The number of hydrogen-bond donors (Lipinski definition) is 1. The second-order valence-electron chi connectivity index (χ2n) is 9.72. The molecule has 0 unspecified atom stereocenters.